The van der Waals surface area contributed by atoms with E-state index in [1.165, 1.54) is 0 Å². The minimum atomic E-state index is -0.452. The number of carbonyl (C=O) groups excluding carboxylic acids is 1. The topological polar surface area (TPSA) is 31.2 Å². The van der Waals surface area contributed by atoms with E-state index in [0.29, 0.717) is 0 Å². The molecule has 0 radical (unpaired) electrons. The highest BCUT2D eigenvalue weighted by Gasteiger charge is 2.18. The molecule has 0 unspecified atom stereocenters. The molecule has 0 bridgehead atoms. The number of hydrogen-bond acceptors (Lipinski definition) is 2. The molecule has 0 spiro atoms. The summed E-state index contributed by atoms with van der Waals surface area (Å²) >= 11 is 0. The molecule has 0 aliphatic heterocycles. The van der Waals surface area contributed by atoms with Crippen LogP contribution < -0.4 is 10.6 Å². The van der Waals surface area contributed by atoms with Crippen LogP contribution in [0.25, 0.3) is 12.2 Å². The maximum Gasteiger partial charge on any atom is 0.418 e. The Bertz CT molecular complexity index is 518. The van der Waals surface area contributed by atoms with Crippen molar-refractivity contribution in [2.24, 2.45) is 0 Å². The van der Waals surface area contributed by atoms with E-state index in [0.717, 1.165) is 23.4 Å². The van der Waals surface area contributed by atoms with Gasteiger partial charge in [0.2, 0.25) is 0 Å². The van der Waals surface area contributed by atoms with Crippen molar-refractivity contribution < 1.29 is 9.53 Å². The summed E-state index contributed by atoms with van der Waals surface area (Å²) < 4.78 is 6.92. The smallest absolute Gasteiger partial charge is 0.418 e. The molecule has 1 aliphatic rings. The van der Waals surface area contributed by atoms with Crippen LogP contribution in [0.4, 0.5) is 4.79 Å². The normalized spacial score (nSPS) is 13.4. The first-order valence-corrected chi connectivity index (χ1v) is 6.58. The number of nitrogens with zero attached hydrogens (tertiary/aromatic N) is 1. The first-order chi connectivity index (χ1) is 8.47. The monoisotopic (exact) mass is 249 g/mol. The zero-order valence-corrected chi connectivity index (χ0v) is 12.0. The molecular formula is C15H23NO2. The van der Waals surface area contributed by atoms with Gasteiger partial charge in [-0.25, -0.2) is 4.79 Å². The van der Waals surface area contributed by atoms with Crippen molar-refractivity contribution in [3.8, 4) is 0 Å². The van der Waals surface area contributed by atoms with Crippen LogP contribution in [0.2, 0.25) is 0 Å². The van der Waals surface area contributed by atoms with Gasteiger partial charge in [0.25, 0.3) is 0 Å². The van der Waals surface area contributed by atoms with E-state index < -0.39 is 5.60 Å². The van der Waals surface area contributed by atoms with Crippen LogP contribution in [0.1, 0.15) is 47.5 Å². The minimum absolute atomic E-state index is 0.305. The van der Waals surface area contributed by atoms with Gasteiger partial charge >= 0.3 is 6.09 Å². The summed E-state index contributed by atoms with van der Waals surface area (Å²) in [5, 5.41) is 2.08. The maximum absolute atomic E-state index is 11.9. The zero-order valence-electron chi connectivity index (χ0n) is 12.0. The number of aromatic nitrogens is 1. The molecule has 18 heavy (non-hydrogen) atoms. The molecule has 3 heteroatoms. The van der Waals surface area contributed by atoms with Crippen molar-refractivity contribution in [2.75, 3.05) is 0 Å². The second-order valence-corrected chi connectivity index (χ2v) is 4.99. The summed E-state index contributed by atoms with van der Waals surface area (Å²) in [5.41, 5.74) is -0.452. The number of rotatable bonds is 0. The second-order valence-electron chi connectivity index (χ2n) is 4.99. The molecule has 0 N–H and O–H groups in total. The number of carbonyl (C=O) groups is 1. The summed E-state index contributed by atoms with van der Waals surface area (Å²) in [6, 6.07) is 1.95. The first kappa shape index (κ1) is 14.6. The van der Waals surface area contributed by atoms with Gasteiger partial charge in [-0.15, -0.1) is 0 Å². The SMILES string of the molecule is CC.CC(C)(C)OC(=O)n1ccc2c1=CCCC=2. The lowest BCUT2D eigenvalue weighted by molar-refractivity contribution is 0.0532. The Morgan fingerprint density at radius 1 is 1.22 bits per heavy atom. The highest BCUT2D eigenvalue weighted by atomic mass is 16.6. The molecule has 1 heterocycles. The fourth-order valence-corrected chi connectivity index (χ4v) is 1.78. The zero-order chi connectivity index (χ0) is 13.8. The Morgan fingerprint density at radius 2 is 1.83 bits per heavy atom. The van der Waals surface area contributed by atoms with Crippen molar-refractivity contribution in [3.63, 3.8) is 0 Å². The van der Waals surface area contributed by atoms with Crippen LogP contribution in [0, 0.1) is 0 Å². The van der Waals surface area contributed by atoms with Crippen LogP contribution in [0.15, 0.2) is 12.3 Å². The van der Waals surface area contributed by atoms with Crippen LogP contribution in [0.5, 0.6) is 0 Å². The highest BCUT2D eigenvalue weighted by Crippen LogP contribution is 2.08. The van der Waals surface area contributed by atoms with Crippen LogP contribution in [-0.2, 0) is 4.74 Å². The van der Waals surface area contributed by atoms with E-state index in [2.05, 4.69) is 12.2 Å². The third kappa shape index (κ3) is 3.49. The molecule has 0 saturated heterocycles. The Labute approximate surface area is 109 Å². The minimum Gasteiger partial charge on any atom is -0.443 e. The lowest BCUT2D eigenvalue weighted by atomic mass is 10.2. The van der Waals surface area contributed by atoms with Gasteiger partial charge in [0, 0.05) is 6.20 Å². The van der Waals surface area contributed by atoms with E-state index in [1.807, 2.05) is 40.7 Å². The van der Waals surface area contributed by atoms with E-state index in [9.17, 15) is 4.79 Å². The van der Waals surface area contributed by atoms with Gasteiger partial charge in [-0.05, 0) is 44.9 Å². The Kier molecular flexibility index (Phi) is 4.76. The molecule has 1 aromatic rings. The molecule has 0 aromatic carbocycles. The number of hydrogen-bond donors (Lipinski definition) is 0. The highest BCUT2D eigenvalue weighted by molar-refractivity contribution is 5.71. The molecule has 0 fully saturated rings. The van der Waals surface area contributed by atoms with Gasteiger partial charge in [-0.3, -0.25) is 4.57 Å². The van der Waals surface area contributed by atoms with Crippen LogP contribution in [0.3, 0.4) is 0 Å². The third-order valence-corrected chi connectivity index (χ3v) is 2.42. The standard InChI is InChI=1S/C13H17NO2.C2H6/c1-13(2,3)16-12(15)14-9-8-10-6-4-5-7-11(10)14;1-2/h6-9H,4-5H2,1-3H3;1-2H3. The average molecular weight is 249 g/mol. The molecule has 0 saturated carbocycles. The molecule has 1 aromatic heterocycles. The van der Waals surface area contributed by atoms with Gasteiger partial charge < -0.3 is 4.74 Å². The fourth-order valence-electron chi connectivity index (χ4n) is 1.78. The summed E-state index contributed by atoms with van der Waals surface area (Å²) in [4.78, 5) is 11.9. The second kappa shape index (κ2) is 5.89. The van der Waals surface area contributed by atoms with E-state index in [1.54, 1.807) is 10.8 Å². The van der Waals surface area contributed by atoms with Gasteiger partial charge in [-0.1, -0.05) is 26.0 Å². The Morgan fingerprint density at radius 3 is 2.44 bits per heavy atom. The molecular weight excluding hydrogens is 226 g/mol. The van der Waals surface area contributed by atoms with Crippen molar-refractivity contribution in [1.82, 2.24) is 4.57 Å². The summed E-state index contributed by atoms with van der Waals surface area (Å²) in [6.45, 7) is 9.62. The average Bonchev–Trinajstić information content (AvgIpc) is 2.73. The number of ether oxygens (including phenoxy) is 1. The van der Waals surface area contributed by atoms with Crippen molar-refractivity contribution in [2.45, 2.75) is 53.1 Å². The van der Waals surface area contributed by atoms with Crippen LogP contribution >= 0.6 is 0 Å². The molecule has 0 atom stereocenters. The van der Waals surface area contributed by atoms with Crippen molar-refractivity contribution in [1.29, 1.82) is 0 Å². The van der Waals surface area contributed by atoms with E-state index in [4.69, 9.17) is 4.74 Å². The van der Waals surface area contributed by atoms with Crippen LogP contribution in [-0.4, -0.2) is 16.3 Å². The molecule has 3 nitrogen and oxygen atoms in total. The summed E-state index contributed by atoms with van der Waals surface area (Å²) in [7, 11) is 0. The summed E-state index contributed by atoms with van der Waals surface area (Å²) in [6.07, 6.45) is 7.73. The Balaban J connectivity index is 0.000000771. The predicted molar refractivity (Wildman–Crippen MR) is 74.8 cm³/mol. The fraction of sp³-hybridized carbons (Fsp3) is 0.533. The Hall–Kier alpha value is -1.51. The predicted octanol–water partition coefficient (Wildman–Crippen LogP) is 2.65. The molecule has 2 rings (SSSR count). The largest absolute Gasteiger partial charge is 0.443 e. The van der Waals surface area contributed by atoms with Gasteiger partial charge in [0.05, 0.1) is 5.35 Å². The van der Waals surface area contributed by atoms with Gasteiger partial charge in [0.1, 0.15) is 5.60 Å². The molecule has 0 amide bonds. The van der Waals surface area contributed by atoms with Gasteiger partial charge in [-0.2, -0.15) is 0 Å². The van der Waals surface area contributed by atoms with Gasteiger partial charge in [0.15, 0.2) is 0 Å². The quantitative estimate of drug-likeness (QED) is 0.708. The lowest BCUT2D eigenvalue weighted by Gasteiger charge is -2.19. The maximum atomic E-state index is 11.9. The summed E-state index contributed by atoms with van der Waals surface area (Å²) in [5.74, 6) is 0. The van der Waals surface area contributed by atoms with E-state index >= 15 is 0 Å². The van der Waals surface area contributed by atoms with E-state index in [-0.39, 0.29) is 6.09 Å². The third-order valence-electron chi connectivity index (χ3n) is 2.42. The van der Waals surface area contributed by atoms with Crippen molar-refractivity contribution in [3.05, 3.63) is 22.8 Å². The number of fused-ring (bicyclic) bond motifs is 1. The molecule has 100 valence electrons. The lowest BCUT2D eigenvalue weighted by Crippen LogP contribution is -2.37. The van der Waals surface area contributed by atoms with Crippen molar-refractivity contribution >= 4 is 18.2 Å². The first-order valence-electron chi connectivity index (χ1n) is 6.58. The molecule has 1 aliphatic carbocycles.